The Morgan fingerprint density at radius 1 is 1.00 bits per heavy atom. The molecule has 1 aromatic carbocycles. The number of nitrogens with two attached hydrogens (primary N) is 1. The van der Waals surface area contributed by atoms with Crippen LogP contribution in [0.25, 0.3) is 0 Å². The van der Waals surface area contributed by atoms with Crippen LogP contribution >= 0.6 is 0 Å². The predicted octanol–water partition coefficient (Wildman–Crippen LogP) is 2.61. The number of primary amides is 1. The van der Waals surface area contributed by atoms with Gasteiger partial charge in [0.25, 0.3) is 0 Å². The lowest BCUT2D eigenvalue weighted by Crippen LogP contribution is -2.45. The first-order valence-corrected chi connectivity index (χ1v) is 7.56. The highest BCUT2D eigenvalue weighted by atomic mass is 19.4. The first-order chi connectivity index (χ1) is 12.2. The van der Waals surface area contributed by atoms with Gasteiger partial charge in [0.1, 0.15) is 11.8 Å². The molecule has 0 aliphatic carbocycles. The number of rotatable bonds is 7. The fourth-order valence-electron chi connectivity index (χ4n) is 2.19. The first kappa shape index (κ1) is 22.5. The van der Waals surface area contributed by atoms with Gasteiger partial charge in [0.2, 0.25) is 11.8 Å². The highest BCUT2D eigenvalue weighted by Gasteiger charge is 2.37. The highest BCUT2D eigenvalue weighted by Crippen LogP contribution is 2.36. The van der Waals surface area contributed by atoms with Crippen molar-refractivity contribution in [3.63, 3.8) is 0 Å². The van der Waals surface area contributed by atoms with Crippen LogP contribution in [0.15, 0.2) is 18.2 Å². The molecule has 3 N–H and O–H groups in total. The fraction of sp³-hybridized carbons (Fsp3) is 0.438. The molecule has 0 unspecified atom stereocenters. The minimum atomic E-state index is -5.04. The Kier molecular flexibility index (Phi) is 6.99. The smallest absolute Gasteiger partial charge is 0.368 e. The lowest BCUT2D eigenvalue weighted by molar-refractivity contribution is -0.143. The van der Waals surface area contributed by atoms with Crippen LogP contribution in [0, 0.1) is 0 Å². The van der Waals surface area contributed by atoms with Gasteiger partial charge in [-0.05, 0) is 37.1 Å². The Bertz CT molecular complexity index is 696. The van der Waals surface area contributed by atoms with Gasteiger partial charge in [-0.1, -0.05) is 0 Å². The minimum absolute atomic E-state index is 0.0551. The van der Waals surface area contributed by atoms with Crippen molar-refractivity contribution in [1.29, 1.82) is 0 Å². The predicted molar refractivity (Wildman–Crippen MR) is 81.2 cm³/mol. The number of nitrogens with one attached hydrogen (secondary N) is 1. The number of Topliss-reactive ketones (excluding diaryl/α,β-unsaturated/α-hetero) is 1. The molecule has 0 radical (unpaired) electrons. The lowest BCUT2D eigenvalue weighted by Gasteiger charge is -2.16. The zero-order valence-corrected chi connectivity index (χ0v) is 14.0. The van der Waals surface area contributed by atoms with Crippen molar-refractivity contribution in [2.75, 3.05) is 0 Å². The summed E-state index contributed by atoms with van der Waals surface area (Å²) in [5.41, 5.74) is 1.42. The molecule has 0 heterocycles. The Balaban J connectivity index is 3.03. The number of carbonyl (C=O) groups is 3. The van der Waals surface area contributed by atoms with E-state index in [1.54, 1.807) is 0 Å². The number of amides is 2. The van der Waals surface area contributed by atoms with E-state index in [9.17, 15) is 40.7 Å². The number of carbonyl (C=O) groups excluding carboxylic acids is 3. The van der Waals surface area contributed by atoms with Crippen molar-refractivity contribution in [2.45, 2.75) is 44.6 Å². The van der Waals surface area contributed by atoms with Crippen LogP contribution in [0.1, 0.15) is 36.5 Å². The van der Waals surface area contributed by atoms with Gasteiger partial charge in [-0.15, -0.1) is 0 Å². The largest absolute Gasteiger partial charge is 0.416 e. The van der Waals surface area contributed by atoms with Gasteiger partial charge >= 0.3 is 12.4 Å². The van der Waals surface area contributed by atoms with Gasteiger partial charge in [-0.25, -0.2) is 0 Å². The van der Waals surface area contributed by atoms with Crippen molar-refractivity contribution in [3.8, 4) is 0 Å². The maximum Gasteiger partial charge on any atom is 0.416 e. The van der Waals surface area contributed by atoms with E-state index in [2.05, 4.69) is 5.32 Å². The van der Waals surface area contributed by atoms with Crippen molar-refractivity contribution in [3.05, 3.63) is 34.9 Å². The van der Waals surface area contributed by atoms with E-state index in [1.165, 1.54) is 6.92 Å². The summed E-state index contributed by atoms with van der Waals surface area (Å²) in [5, 5.41) is 2.11. The molecule has 0 spiro atoms. The molecule has 0 aliphatic rings. The summed E-state index contributed by atoms with van der Waals surface area (Å²) >= 11 is 0. The summed E-state index contributed by atoms with van der Waals surface area (Å²) in [6, 6.07) is -0.484. The van der Waals surface area contributed by atoms with Crippen LogP contribution in [0.5, 0.6) is 0 Å². The van der Waals surface area contributed by atoms with Crippen molar-refractivity contribution >= 4 is 17.6 Å². The second kappa shape index (κ2) is 8.40. The topological polar surface area (TPSA) is 89.3 Å². The van der Waals surface area contributed by atoms with Gasteiger partial charge in [0, 0.05) is 6.42 Å². The summed E-state index contributed by atoms with van der Waals surface area (Å²) < 4.78 is 76.8. The molecule has 0 aromatic heterocycles. The van der Waals surface area contributed by atoms with E-state index < -0.39 is 53.3 Å². The molecule has 1 rings (SSSR count). The third-order valence-corrected chi connectivity index (χ3v) is 3.48. The molecule has 27 heavy (non-hydrogen) atoms. The molecule has 5 nitrogen and oxygen atoms in total. The van der Waals surface area contributed by atoms with Crippen LogP contribution in [0.4, 0.5) is 26.3 Å². The molecule has 11 heteroatoms. The van der Waals surface area contributed by atoms with Crippen molar-refractivity contribution in [2.24, 2.45) is 5.73 Å². The van der Waals surface area contributed by atoms with Gasteiger partial charge in [0.05, 0.1) is 17.5 Å². The summed E-state index contributed by atoms with van der Waals surface area (Å²) in [6.45, 7) is 1.24. The van der Waals surface area contributed by atoms with Gasteiger partial charge in [0.15, 0.2) is 0 Å². The third-order valence-electron chi connectivity index (χ3n) is 3.48. The zero-order valence-electron chi connectivity index (χ0n) is 14.0. The number of benzene rings is 1. The Morgan fingerprint density at radius 2 is 1.48 bits per heavy atom. The second-order valence-corrected chi connectivity index (χ2v) is 5.85. The Labute approximate surface area is 149 Å². The first-order valence-electron chi connectivity index (χ1n) is 7.56. The number of ketones is 1. The molecule has 0 saturated heterocycles. The molecule has 1 atom stereocenters. The maximum atomic E-state index is 12.8. The molecule has 0 bridgehead atoms. The van der Waals surface area contributed by atoms with E-state index in [4.69, 9.17) is 5.73 Å². The normalized spacial score (nSPS) is 13.1. The average molecular weight is 398 g/mol. The average Bonchev–Trinajstić information content (AvgIpc) is 2.48. The van der Waals surface area contributed by atoms with Gasteiger partial charge in [-0.3, -0.25) is 9.59 Å². The fourth-order valence-corrected chi connectivity index (χ4v) is 2.19. The van der Waals surface area contributed by atoms with E-state index >= 15 is 0 Å². The van der Waals surface area contributed by atoms with Gasteiger partial charge in [-0.2, -0.15) is 26.3 Å². The molecule has 0 saturated carbocycles. The lowest BCUT2D eigenvalue weighted by atomic mass is 10.0. The Hall–Kier alpha value is -2.59. The zero-order chi connectivity index (χ0) is 21.0. The summed E-state index contributed by atoms with van der Waals surface area (Å²) in [7, 11) is 0. The number of alkyl halides is 6. The van der Waals surface area contributed by atoms with E-state index in [0.717, 1.165) is 0 Å². The van der Waals surface area contributed by atoms with Crippen LogP contribution in [0.2, 0.25) is 0 Å². The van der Waals surface area contributed by atoms with Crippen LogP contribution < -0.4 is 11.1 Å². The number of hydrogen-bond donors (Lipinski definition) is 2. The molecule has 0 fully saturated rings. The molecular weight excluding hydrogens is 382 g/mol. The maximum absolute atomic E-state index is 12.8. The highest BCUT2D eigenvalue weighted by molar-refractivity contribution is 5.88. The molecule has 1 aromatic rings. The second-order valence-electron chi connectivity index (χ2n) is 5.85. The third kappa shape index (κ3) is 7.27. The van der Waals surface area contributed by atoms with Crippen LogP contribution in [-0.4, -0.2) is 23.6 Å². The number of halogens is 6. The summed E-state index contributed by atoms with van der Waals surface area (Å²) in [4.78, 5) is 34.1. The van der Waals surface area contributed by atoms with Crippen LogP contribution in [0.3, 0.4) is 0 Å². The SMILES string of the molecule is CC(=O)CC[C@H](NC(=O)Cc1cc(C(F)(F)F)cc(C(F)(F)F)c1)C(N)=O. The van der Waals surface area contributed by atoms with E-state index in [1.807, 2.05) is 0 Å². The quantitative estimate of drug-likeness (QED) is 0.692. The minimum Gasteiger partial charge on any atom is -0.368 e. The monoisotopic (exact) mass is 398 g/mol. The molecule has 0 aliphatic heterocycles. The van der Waals surface area contributed by atoms with Crippen LogP contribution in [-0.2, 0) is 33.2 Å². The number of hydrogen-bond acceptors (Lipinski definition) is 3. The molecule has 2 amide bonds. The molecule has 150 valence electrons. The van der Waals surface area contributed by atoms with E-state index in [-0.39, 0.29) is 24.7 Å². The summed E-state index contributed by atoms with van der Waals surface area (Å²) in [5.74, 6) is -2.28. The van der Waals surface area contributed by atoms with Gasteiger partial charge < -0.3 is 15.8 Å². The standard InChI is InChI=1S/C16H16F6N2O3/c1-8(25)2-3-12(14(23)27)24-13(26)6-9-4-10(15(17,18)19)7-11(5-9)16(20,21)22/h4-5,7,12H,2-3,6H2,1H3,(H2,23,27)(H,24,26)/t12-/m0/s1. The Morgan fingerprint density at radius 3 is 1.85 bits per heavy atom. The van der Waals surface area contributed by atoms with Crippen molar-refractivity contribution in [1.82, 2.24) is 5.32 Å². The van der Waals surface area contributed by atoms with Crippen molar-refractivity contribution < 1.29 is 40.7 Å². The molecular formula is C16H16F6N2O3. The van der Waals surface area contributed by atoms with E-state index in [0.29, 0.717) is 12.1 Å². The summed E-state index contributed by atoms with van der Waals surface area (Å²) in [6.07, 6.45) is -11.1.